The van der Waals surface area contributed by atoms with E-state index in [0.29, 0.717) is 0 Å². The van der Waals surface area contributed by atoms with Crippen molar-refractivity contribution in [2.24, 2.45) is 0 Å². The number of hydrogen-bond donors (Lipinski definition) is 0. The minimum atomic E-state index is -0.561. The maximum Gasteiger partial charge on any atom is 0.341 e. The molecule has 0 aliphatic carbocycles. The predicted octanol–water partition coefficient (Wildman–Crippen LogP) is 2.52. The van der Waals surface area contributed by atoms with Crippen LogP contribution < -0.4 is 4.74 Å². The minimum absolute atomic E-state index is 0.139. The molecule has 0 heterocycles. The number of allylic oxidation sites excluding steroid dienone is 1. The first kappa shape index (κ1) is 11.2. The highest BCUT2D eigenvalue weighted by molar-refractivity contribution is 5.92. The Kier molecular flexibility index (Phi) is 3.85. The molecule has 0 aromatic heterocycles. The normalized spacial score (nSPS) is 10.3. The number of carbonyl (C=O) groups excluding carboxylic acids is 1. The largest absolute Gasteiger partial charge is 0.465 e. The van der Waals surface area contributed by atoms with Crippen LogP contribution in [0, 0.1) is 5.82 Å². The Balaban J connectivity index is 3.08. The van der Waals surface area contributed by atoms with Gasteiger partial charge in [-0.1, -0.05) is 6.08 Å². The molecule has 0 bridgehead atoms. The Morgan fingerprint density at radius 2 is 2.20 bits per heavy atom. The van der Waals surface area contributed by atoms with E-state index in [4.69, 9.17) is 4.74 Å². The number of carbonyl (C=O) groups is 1. The van der Waals surface area contributed by atoms with Gasteiger partial charge >= 0.3 is 5.97 Å². The lowest BCUT2D eigenvalue weighted by molar-refractivity contribution is 0.0597. The van der Waals surface area contributed by atoms with Crippen molar-refractivity contribution in [3.63, 3.8) is 0 Å². The van der Waals surface area contributed by atoms with Crippen LogP contribution in [0.15, 0.2) is 30.5 Å². The summed E-state index contributed by atoms with van der Waals surface area (Å²) in [5, 5.41) is 0. The molecule has 1 rings (SSSR count). The van der Waals surface area contributed by atoms with Crippen LogP contribution >= 0.6 is 0 Å². The number of halogens is 1. The van der Waals surface area contributed by atoms with Crippen LogP contribution in [0.1, 0.15) is 17.3 Å². The number of hydrogen-bond acceptors (Lipinski definition) is 3. The summed E-state index contributed by atoms with van der Waals surface area (Å²) in [6.07, 6.45) is 2.99. The molecule has 0 radical (unpaired) electrons. The van der Waals surface area contributed by atoms with Gasteiger partial charge in [0.2, 0.25) is 0 Å². The number of methoxy groups -OCH3 is 1. The highest BCUT2D eigenvalue weighted by Gasteiger charge is 2.13. The van der Waals surface area contributed by atoms with E-state index in [2.05, 4.69) is 4.74 Å². The van der Waals surface area contributed by atoms with Gasteiger partial charge in [-0.15, -0.1) is 0 Å². The standard InChI is InChI=1S/C11H11FO3/c1-3-6-15-10-7-8(12)4-5-9(10)11(13)14-2/h3-7H,1-2H3/b6-3+. The van der Waals surface area contributed by atoms with E-state index in [9.17, 15) is 9.18 Å². The van der Waals surface area contributed by atoms with E-state index < -0.39 is 11.8 Å². The second kappa shape index (κ2) is 5.14. The van der Waals surface area contributed by atoms with Gasteiger partial charge in [-0.25, -0.2) is 9.18 Å². The highest BCUT2D eigenvalue weighted by atomic mass is 19.1. The van der Waals surface area contributed by atoms with Gasteiger partial charge in [0.25, 0.3) is 0 Å². The molecule has 15 heavy (non-hydrogen) atoms. The van der Waals surface area contributed by atoms with Gasteiger partial charge in [0.1, 0.15) is 17.1 Å². The molecule has 4 heteroatoms. The monoisotopic (exact) mass is 210 g/mol. The highest BCUT2D eigenvalue weighted by Crippen LogP contribution is 2.21. The van der Waals surface area contributed by atoms with E-state index in [1.165, 1.54) is 25.5 Å². The first-order valence-corrected chi connectivity index (χ1v) is 4.34. The first-order valence-electron chi connectivity index (χ1n) is 4.34. The summed E-state index contributed by atoms with van der Waals surface area (Å²) < 4.78 is 22.5. The van der Waals surface area contributed by atoms with Crippen molar-refractivity contribution in [2.45, 2.75) is 6.92 Å². The van der Waals surface area contributed by atoms with Crippen molar-refractivity contribution in [3.05, 3.63) is 41.9 Å². The van der Waals surface area contributed by atoms with Crippen molar-refractivity contribution in [2.75, 3.05) is 7.11 Å². The summed E-state index contributed by atoms with van der Waals surface area (Å²) in [6, 6.07) is 3.63. The van der Waals surface area contributed by atoms with Crippen molar-refractivity contribution < 1.29 is 18.7 Å². The van der Waals surface area contributed by atoms with E-state index in [1.54, 1.807) is 13.0 Å². The lowest BCUT2D eigenvalue weighted by Crippen LogP contribution is -2.03. The quantitative estimate of drug-likeness (QED) is 0.568. The Labute approximate surface area is 87.1 Å². The third kappa shape index (κ3) is 2.80. The van der Waals surface area contributed by atoms with E-state index >= 15 is 0 Å². The van der Waals surface area contributed by atoms with Gasteiger partial charge in [0.05, 0.1) is 13.4 Å². The van der Waals surface area contributed by atoms with Crippen LogP contribution in [0.5, 0.6) is 5.75 Å². The molecule has 0 unspecified atom stereocenters. The van der Waals surface area contributed by atoms with Gasteiger partial charge in [0.15, 0.2) is 0 Å². The van der Waals surface area contributed by atoms with Gasteiger partial charge in [-0.3, -0.25) is 0 Å². The molecular formula is C11H11FO3. The Bertz CT molecular complexity index is 385. The van der Waals surface area contributed by atoms with Gasteiger partial charge in [0, 0.05) is 6.07 Å². The summed E-state index contributed by atoms with van der Waals surface area (Å²) in [6.45, 7) is 1.75. The fourth-order valence-electron chi connectivity index (χ4n) is 1.01. The maximum absolute atomic E-state index is 12.9. The summed E-state index contributed by atoms with van der Waals surface area (Å²) in [5.74, 6) is -0.892. The number of rotatable bonds is 3. The molecule has 0 saturated carbocycles. The molecule has 1 aromatic rings. The lowest BCUT2D eigenvalue weighted by Gasteiger charge is -2.06. The molecule has 3 nitrogen and oxygen atoms in total. The van der Waals surface area contributed by atoms with Crippen LogP contribution in [-0.4, -0.2) is 13.1 Å². The van der Waals surface area contributed by atoms with Crippen LogP contribution in [0.2, 0.25) is 0 Å². The van der Waals surface area contributed by atoms with Gasteiger partial charge in [-0.2, -0.15) is 0 Å². The van der Waals surface area contributed by atoms with E-state index in [-0.39, 0.29) is 11.3 Å². The number of ether oxygens (including phenoxy) is 2. The Morgan fingerprint density at radius 3 is 2.80 bits per heavy atom. The van der Waals surface area contributed by atoms with Crippen molar-refractivity contribution in [3.8, 4) is 5.75 Å². The molecular weight excluding hydrogens is 199 g/mol. The van der Waals surface area contributed by atoms with Gasteiger partial charge in [-0.05, 0) is 19.1 Å². The average Bonchev–Trinajstić information content (AvgIpc) is 2.25. The third-order valence-electron chi connectivity index (χ3n) is 1.68. The van der Waals surface area contributed by atoms with Gasteiger partial charge < -0.3 is 9.47 Å². The summed E-state index contributed by atoms with van der Waals surface area (Å²) >= 11 is 0. The Hall–Kier alpha value is -1.84. The van der Waals surface area contributed by atoms with Crippen LogP contribution in [0.4, 0.5) is 4.39 Å². The average molecular weight is 210 g/mol. The molecule has 0 spiro atoms. The number of benzene rings is 1. The minimum Gasteiger partial charge on any atom is -0.465 e. The second-order valence-corrected chi connectivity index (χ2v) is 2.72. The van der Waals surface area contributed by atoms with E-state index in [0.717, 1.165) is 6.07 Å². The molecule has 0 aliphatic heterocycles. The topological polar surface area (TPSA) is 35.5 Å². The molecule has 0 aliphatic rings. The SMILES string of the molecule is C/C=C/Oc1cc(F)ccc1C(=O)OC. The van der Waals surface area contributed by atoms with Crippen molar-refractivity contribution in [1.82, 2.24) is 0 Å². The zero-order valence-corrected chi connectivity index (χ0v) is 8.49. The zero-order valence-electron chi connectivity index (χ0n) is 8.49. The molecule has 0 amide bonds. The summed E-state index contributed by atoms with van der Waals surface area (Å²) in [7, 11) is 1.26. The molecule has 0 atom stereocenters. The van der Waals surface area contributed by atoms with E-state index in [1.807, 2.05) is 0 Å². The predicted molar refractivity (Wildman–Crippen MR) is 53.2 cm³/mol. The summed E-state index contributed by atoms with van der Waals surface area (Å²) in [5.41, 5.74) is 0.192. The fraction of sp³-hybridized carbons (Fsp3) is 0.182. The van der Waals surface area contributed by atoms with Crippen LogP contribution in [-0.2, 0) is 4.74 Å². The van der Waals surface area contributed by atoms with Crippen LogP contribution in [0.3, 0.4) is 0 Å². The van der Waals surface area contributed by atoms with Crippen molar-refractivity contribution >= 4 is 5.97 Å². The molecule has 80 valence electrons. The maximum atomic E-state index is 12.9. The molecule has 0 saturated heterocycles. The van der Waals surface area contributed by atoms with Crippen molar-refractivity contribution in [1.29, 1.82) is 0 Å². The molecule has 0 fully saturated rings. The second-order valence-electron chi connectivity index (χ2n) is 2.72. The first-order chi connectivity index (χ1) is 7.19. The Morgan fingerprint density at radius 1 is 1.47 bits per heavy atom. The smallest absolute Gasteiger partial charge is 0.341 e. The molecule has 0 N–H and O–H groups in total. The lowest BCUT2D eigenvalue weighted by atomic mass is 10.2. The zero-order chi connectivity index (χ0) is 11.3. The third-order valence-corrected chi connectivity index (χ3v) is 1.68. The molecule has 1 aromatic carbocycles. The van der Waals surface area contributed by atoms with Crippen LogP contribution in [0.25, 0.3) is 0 Å². The number of esters is 1. The summed E-state index contributed by atoms with van der Waals surface area (Å²) in [4.78, 5) is 11.3. The fourth-order valence-corrected chi connectivity index (χ4v) is 1.01.